The Kier molecular flexibility index (Phi) is 5.74. The number of sulfonamides is 1. The summed E-state index contributed by atoms with van der Waals surface area (Å²) in [6.07, 6.45) is 4.51. The molecule has 2 saturated heterocycles. The van der Waals surface area contributed by atoms with Crippen LogP contribution in [0.3, 0.4) is 0 Å². The molecule has 2 aliphatic heterocycles. The van der Waals surface area contributed by atoms with Gasteiger partial charge in [0.05, 0.1) is 0 Å². The van der Waals surface area contributed by atoms with Crippen LogP contribution in [0.2, 0.25) is 0 Å². The lowest BCUT2D eigenvalue weighted by Gasteiger charge is -2.30. The standard InChI is InChI=1S/C18H30N4O3S/c1-13-5-4-8-22(11-13)26(24,25)15-9-17(21(3)12-15)18(23)20-16-10-19-7-6-14(16)2/h9,12-14,16,19H,4-8,10-11H2,1-3H3,(H,20,23). The second kappa shape index (κ2) is 7.70. The van der Waals surface area contributed by atoms with E-state index in [1.807, 2.05) is 0 Å². The van der Waals surface area contributed by atoms with E-state index in [1.54, 1.807) is 22.1 Å². The molecule has 3 heterocycles. The van der Waals surface area contributed by atoms with Gasteiger partial charge < -0.3 is 15.2 Å². The largest absolute Gasteiger partial charge is 0.346 e. The molecule has 0 spiro atoms. The molecule has 0 saturated carbocycles. The topological polar surface area (TPSA) is 83.4 Å². The Balaban J connectivity index is 1.76. The Morgan fingerprint density at radius 2 is 2.08 bits per heavy atom. The van der Waals surface area contributed by atoms with Crippen molar-refractivity contribution in [1.29, 1.82) is 0 Å². The second-order valence-corrected chi connectivity index (χ2v) is 9.77. The summed E-state index contributed by atoms with van der Waals surface area (Å²) in [5.41, 5.74) is 0.381. The van der Waals surface area contributed by atoms with Crippen molar-refractivity contribution >= 4 is 15.9 Å². The van der Waals surface area contributed by atoms with Crippen LogP contribution in [0.1, 0.15) is 43.6 Å². The molecule has 146 valence electrons. The first-order valence-corrected chi connectivity index (χ1v) is 10.9. The quantitative estimate of drug-likeness (QED) is 0.819. The van der Waals surface area contributed by atoms with Crippen LogP contribution in [0.15, 0.2) is 17.2 Å². The maximum Gasteiger partial charge on any atom is 0.268 e. The first-order chi connectivity index (χ1) is 12.3. The average molecular weight is 383 g/mol. The second-order valence-electron chi connectivity index (χ2n) is 7.83. The summed E-state index contributed by atoms with van der Waals surface area (Å²) in [6, 6.07) is 1.57. The van der Waals surface area contributed by atoms with Gasteiger partial charge in [0.1, 0.15) is 10.6 Å². The molecular formula is C18H30N4O3S. The van der Waals surface area contributed by atoms with E-state index >= 15 is 0 Å². The van der Waals surface area contributed by atoms with Crippen LogP contribution in [0.25, 0.3) is 0 Å². The molecule has 0 bridgehead atoms. The van der Waals surface area contributed by atoms with Crippen molar-refractivity contribution in [1.82, 2.24) is 19.5 Å². The summed E-state index contributed by atoms with van der Waals surface area (Å²) >= 11 is 0. The van der Waals surface area contributed by atoms with E-state index in [0.29, 0.717) is 30.6 Å². The Hall–Kier alpha value is -1.38. The highest BCUT2D eigenvalue weighted by molar-refractivity contribution is 7.89. The summed E-state index contributed by atoms with van der Waals surface area (Å²) < 4.78 is 29.0. The van der Waals surface area contributed by atoms with Gasteiger partial charge in [0.25, 0.3) is 5.91 Å². The van der Waals surface area contributed by atoms with Crippen molar-refractivity contribution in [2.24, 2.45) is 18.9 Å². The lowest BCUT2D eigenvalue weighted by atomic mass is 9.95. The molecule has 2 N–H and O–H groups in total. The van der Waals surface area contributed by atoms with E-state index in [2.05, 4.69) is 24.5 Å². The number of amides is 1. The Bertz CT molecular complexity index is 758. The van der Waals surface area contributed by atoms with Gasteiger partial charge in [0, 0.05) is 38.9 Å². The number of aromatic nitrogens is 1. The van der Waals surface area contributed by atoms with Crippen molar-refractivity contribution in [2.75, 3.05) is 26.2 Å². The lowest BCUT2D eigenvalue weighted by molar-refractivity contribution is 0.0907. The molecule has 2 aliphatic rings. The number of carbonyl (C=O) groups excluding carboxylic acids is 1. The SMILES string of the molecule is CC1CCCN(S(=O)(=O)c2cc(C(=O)NC3CNCCC3C)n(C)c2)C1. The zero-order chi connectivity index (χ0) is 18.9. The fourth-order valence-electron chi connectivity index (χ4n) is 3.84. The monoisotopic (exact) mass is 382 g/mol. The van der Waals surface area contributed by atoms with E-state index in [-0.39, 0.29) is 16.8 Å². The van der Waals surface area contributed by atoms with E-state index in [9.17, 15) is 13.2 Å². The number of hydrogen-bond acceptors (Lipinski definition) is 4. The summed E-state index contributed by atoms with van der Waals surface area (Å²) in [7, 11) is -1.84. The van der Waals surface area contributed by atoms with Crippen molar-refractivity contribution in [3.05, 3.63) is 18.0 Å². The zero-order valence-electron chi connectivity index (χ0n) is 15.9. The number of piperidine rings is 2. The molecule has 8 heteroatoms. The predicted molar refractivity (Wildman–Crippen MR) is 100 cm³/mol. The molecule has 1 aromatic rings. The van der Waals surface area contributed by atoms with Gasteiger partial charge in [-0.25, -0.2) is 8.42 Å². The fourth-order valence-corrected chi connectivity index (χ4v) is 5.51. The summed E-state index contributed by atoms with van der Waals surface area (Å²) in [5.74, 6) is 0.547. The fraction of sp³-hybridized carbons (Fsp3) is 0.722. The Morgan fingerprint density at radius 3 is 2.77 bits per heavy atom. The molecule has 1 aromatic heterocycles. The molecule has 7 nitrogen and oxygen atoms in total. The Labute approximate surface area is 156 Å². The van der Waals surface area contributed by atoms with Gasteiger partial charge in [0.2, 0.25) is 10.0 Å². The van der Waals surface area contributed by atoms with Crippen LogP contribution in [-0.2, 0) is 17.1 Å². The number of hydrogen-bond donors (Lipinski definition) is 2. The highest BCUT2D eigenvalue weighted by Crippen LogP contribution is 2.24. The van der Waals surface area contributed by atoms with Crippen molar-refractivity contribution in [2.45, 2.75) is 44.0 Å². The molecule has 3 atom stereocenters. The molecule has 26 heavy (non-hydrogen) atoms. The molecule has 2 fully saturated rings. The van der Waals surface area contributed by atoms with Crippen LogP contribution in [-0.4, -0.2) is 55.4 Å². The molecule has 1 amide bonds. The third-order valence-electron chi connectivity index (χ3n) is 5.61. The Morgan fingerprint density at radius 1 is 1.31 bits per heavy atom. The first kappa shape index (κ1) is 19.4. The van der Waals surface area contributed by atoms with Crippen LogP contribution in [0.5, 0.6) is 0 Å². The molecule has 0 radical (unpaired) electrons. The molecule has 3 rings (SSSR count). The van der Waals surface area contributed by atoms with E-state index < -0.39 is 10.0 Å². The van der Waals surface area contributed by atoms with Gasteiger partial charge in [-0.1, -0.05) is 13.8 Å². The third-order valence-corrected chi connectivity index (χ3v) is 7.44. The lowest BCUT2D eigenvalue weighted by Crippen LogP contribution is -2.50. The molecule has 0 aromatic carbocycles. The van der Waals surface area contributed by atoms with E-state index in [1.165, 1.54) is 6.07 Å². The van der Waals surface area contributed by atoms with Crippen molar-refractivity contribution in [3.63, 3.8) is 0 Å². The van der Waals surface area contributed by atoms with Gasteiger partial charge >= 0.3 is 0 Å². The maximum absolute atomic E-state index is 12.9. The van der Waals surface area contributed by atoms with Crippen LogP contribution < -0.4 is 10.6 Å². The number of aryl methyl sites for hydroxylation is 1. The highest BCUT2D eigenvalue weighted by Gasteiger charge is 2.31. The van der Waals surface area contributed by atoms with Gasteiger partial charge in [-0.2, -0.15) is 4.31 Å². The number of rotatable bonds is 4. The van der Waals surface area contributed by atoms with Crippen LogP contribution in [0, 0.1) is 11.8 Å². The zero-order valence-corrected chi connectivity index (χ0v) is 16.7. The van der Waals surface area contributed by atoms with E-state index in [0.717, 1.165) is 32.4 Å². The average Bonchev–Trinajstić information content (AvgIpc) is 2.99. The van der Waals surface area contributed by atoms with Gasteiger partial charge in [-0.15, -0.1) is 0 Å². The first-order valence-electron chi connectivity index (χ1n) is 9.47. The van der Waals surface area contributed by atoms with Crippen molar-refractivity contribution in [3.8, 4) is 0 Å². The summed E-state index contributed by atoms with van der Waals surface area (Å²) in [6.45, 7) is 7.01. The number of nitrogens with zero attached hydrogens (tertiary/aromatic N) is 2. The minimum atomic E-state index is -3.55. The van der Waals surface area contributed by atoms with Crippen LogP contribution >= 0.6 is 0 Å². The predicted octanol–water partition coefficient (Wildman–Crippen LogP) is 1.17. The minimum absolute atomic E-state index is 0.0640. The summed E-state index contributed by atoms with van der Waals surface area (Å²) in [5, 5.41) is 6.34. The van der Waals surface area contributed by atoms with Gasteiger partial charge in [-0.3, -0.25) is 4.79 Å². The minimum Gasteiger partial charge on any atom is -0.346 e. The smallest absolute Gasteiger partial charge is 0.268 e. The van der Waals surface area contributed by atoms with E-state index in [4.69, 9.17) is 0 Å². The maximum atomic E-state index is 12.9. The molecule has 0 aliphatic carbocycles. The molecule has 3 unspecified atom stereocenters. The van der Waals surface area contributed by atoms with Gasteiger partial charge in [-0.05, 0) is 43.7 Å². The van der Waals surface area contributed by atoms with Gasteiger partial charge in [0.15, 0.2) is 0 Å². The third kappa shape index (κ3) is 3.97. The number of carbonyl (C=O) groups is 1. The molecular weight excluding hydrogens is 352 g/mol. The van der Waals surface area contributed by atoms with Crippen LogP contribution in [0.4, 0.5) is 0 Å². The normalized spacial score (nSPS) is 28.0. The van der Waals surface area contributed by atoms with Crippen molar-refractivity contribution < 1.29 is 13.2 Å². The number of nitrogens with one attached hydrogen (secondary N) is 2. The highest BCUT2D eigenvalue weighted by atomic mass is 32.2. The summed E-state index contributed by atoms with van der Waals surface area (Å²) in [4.78, 5) is 12.9.